The quantitative estimate of drug-likeness (QED) is 0.823. The van der Waals surface area contributed by atoms with Crippen molar-refractivity contribution in [1.29, 1.82) is 0 Å². The van der Waals surface area contributed by atoms with Gasteiger partial charge in [-0.1, -0.05) is 18.2 Å². The summed E-state index contributed by atoms with van der Waals surface area (Å²) in [6.07, 6.45) is 7.57. The van der Waals surface area contributed by atoms with Crippen LogP contribution in [0, 0.1) is 0 Å². The lowest BCUT2D eigenvalue weighted by molar-refractivity contribution is 0.394. The van der Waals surface area contributed by atoms with E-state index in [0.717, 1.165) is 22.6 Å². The van der Waals surface area contributed by atoms with Gasteiger partial charge in [0.25, 0.3) is 0 Å². The number of ether oxygens (including phenoxy) is 2. The number of rotatable bonds is 4. The maximum absolute atomic E-state index is 5.22. The van der Waals surface area contributed by atoms with Gasteiger partial charge in [-0.25, -0.2) is 0 Å². The smallest absolute Gasteiger partial charge is 0.123 e. The minimum Gasteiger partial charge on any atom is -0.497 e. The van der Waals surface area contributed by atoms with Crippen molar-refractivity contribution in [2.75, 3.05) is 14.2 Å². The largest absolute Gasteiger partial charge is 0.497 e. The Morgan fingerprint density at radius 1 is 0.944 bits per heavy atom. The molecule has 0 radical (unpaired) electrons. The van der Waals surface area contributed by atoms with Crippen molar-refractivity contribution in [3.05, 3.63) is 53.9 Å². The monoisotopic (exact) mass is 241 g/mol. The Kier molecular flexibility index (Phi) is 3.97. The van der Waals surface area contributed by atoms with E-state index in [4.69, 9.17) is 9.47 Å². The molecule has 0 saturated heterocycles. The van der Waals surface area contributed by atoms with E-state index < -0.39 is 0 Å². The number of pyridine rings is 1. The lowest BCUT2D eigenvalue weighted by Gasteiger charge is -2.05. The van der Waals surface area contributed by atoms with Crippen LogP contribution in [0.25, 0.3) is 12.2 Å². The summed E-state index contributed by atoms with van der Waals surface area (Å²) in [5, 5.41) is 0. The number of hydrogen-bond donors (Lipinski definition) is 0. The topological polar surface area (TPSA) is 31.4 Å². The zero-order valence-electron chi connectivity index (χ0n) is 10.5. The highest BCUT2D eigenvalue weighted by Gasteiger charge is 1.99. The van der Waals surface area contributed by atoms with Crippen molar-refractivity contribution >= 4 is 12.2 Å². The van der Waals surface area contributed by atoms with E-state index in [1.165, 1.54) is 0 Å². The summed E-state index contributed by atoms with van der Waals surface area (Å²) in [6, 6.07) is 9.67. The molecule has 0 aliphatic rings. The summed E-state index contributed by atoms with van der Waals surface area (Å²) in [6.45, 7) is 0. The minimum atomic E-state index is 0.778. The molecule has 0 unspecified atom stereocenters. The average molecular weight is 241 g/mol. The predicted molar refractivity (Wildman–Crippen MR) is 72.7 cm³/mol. The molecule has 0 N–H and O–H groups in total. The highest BCUT2D eigenvalue weighted by molar-refractivity contribution is 5.70. The molecule has 2 aromatic rings. The molecule has 0 fully saturated rings. The second-order valence-electron chi connectivity index (χ2n) is 3.77. The minimum absolute atomic E-state index is 0.778. The Hall–Kier alpha value is -2.29. The van der Waals surface area contributed by atoms with Crippen molar-refractivity contribution in [3.8, 4) is 11.5 Å². The number of nitrogens with zero attached hydrogens (tertiary/aromatic N) is 1. The van der Waals surface area contributed by atoms with Crippen LogP contribution in [-0.2, 0) is 0 Å². The summed E-state index contributed by atoms with van der Waals surface area (Å²) in [4.78, 5) is 4.06. The predicted octanol–water partition coefficient (Wildman–Crippen LogP) is 3.27. The lowest BCUT2D eigenvalue weighted by Crippen LogP contribution is -1.88. The molecule has 1 aromatic carbocycles. The molecule has 0 spiro atoms. The zero-order chi connectivity index (χ0) is 12.8. The first kappa shape index (κ1) is 12.2. The normalized spacial score (nSPS) is 10.6. The van der Waals surface area contributed by atoms with Crippen LogP contribution in [0.5, 0.6) is 11.5 Å². The van der Waals surface area contributed by atoms with E-state index in [1.54, 1.807) is 20.4 Å². The van der Waals surface area contributed by atoms with Crippen LogP contribution in [0.4, 0.5) is 0 Å². The first-order valence-corrected chi connectivity index (χ1v) is 5.63. The summed E-state index contributed by atoms with van der Waals surface area (Å²) in [7, 11) is 3.28. The molecule has 92 valence electrons. The standard InChI is InChI=1S/C15H15NO2/c1-17-14-8-13(9-15(10-14)18-2)6-5-12-4-3-7-16-11-12/h3-11H,1-2H3/b6-5+. The van der Waals surface area contributed by atoms with Crippen LogP contribution < -0.4 is 9.47 Å². The summed E-state index contributed by atoms with van der Waals surface area (Å²) in [5.74, 6) is 1.56. The molecule has 0 bridgehead atoms. The van der Waals surface area contributed by atoms with Crippen LogP contribution in [-0.4, -0.2) is 19.2 Å². The summed E-state index contributed by atoms with van der Waals surface area (Å²) in [5.41, 5.74) is 2.08. The molecule has 1 aromatic heterocycles. The molecular weight excluding hydrogens is 226 g/mol. The first-order chi connectivity index (χ1) is 8.81. The van der Waals surface area contributed by atoms with E-state index in [2.05, 4.69) is 4.98 Å². The van der Waals surface area contributed by atoms with Gasteiger partial charge in [0.15, 0.2) is 0 Å². The van der Waals surface area contributed by atoms with Crippen LogP contribution in [0.2, 0.25) is 0 Å². The van der Waals surface area contributed by atoms with E-state index in [1.807, 2.05) is 48.7 Å². The fourth-order valence-corrected chi connectivity index (χ4v) is 1.59. The van der Waals surface area contributed by atoms with E-state index in [9.17, 15) is 0 Å². The Morgan fingerprint density at radius 2 is 1.61 bits per heavy atom. The number of hydrogen-bond acceptors (Lipinski definition) is 3. The number of benzene rings is 1. The van der Waals surface area contributed by atoms with Crippen molar-refractivity contribution in [2.45, 2.75) is 0 Å². The van der Waals surface area contributed by atoms with Gasteiger partial charge < -0.3 is 9.47 Å². The Morgan fingerprint density at radius 3 is 2.17 bits per heavy atom. The SMILES string of the molecule is COc1cc(/C=C/c2cccnc2)cc(OC)c1. The maximum Gasteiger partial charge on any atom is 0.123 e. The van der Waals surface area contributed by atoms with Crippen LogP contribution in [0.3, 0.4) is 0 Å². The third-order valence-corrected chi connectivity index (χ3v) is 2.53. The van der Waals surface area contributed by atoms with E-state index in [-0.39, 0.29) is 0 Å². The van der Waals surface area contributed by atoms with Gasteiger partial charge in [0, 0.05) is 18.5 Å². The van der Waals surface area contributed by atoms with Gasteiger partial charge in [0.2, 0.25) is 0 Å². The second-order valence-corrected chi connectivity index (χ2v) is 3.77. The van der Waals surface area contributed by atoms with Crippen LogP contribution >= 0.6 is 0 Å². The van der Waals surface area contributed by atoms with Crippen molar-refractivity contribution in [3.63, 3.8) is 0 Å². The third-order valence-electron chi connectivity index (χ3n) is 2.53. The first-order valence-electron chi connectivity index (χ1n) is 5.63. The molecule has 0 amide bonds. The summed E-state index contributed by atoms with van der Waals surface area (Å²) < 4.78 is 10.4. The fraction of sp³-hybridized carbons (Fsp3) is 0.133. The van der Waals surface area contributed by atoms with Crippen LogP contribution in [0.1, 0.15) is 11.1 Å². The van der Waals surface area contributed by atoms with Gasteiger partial charge in [-0.05, 0) is 29.3 Å². The van der Waals surface area contributed by atoms with Gasteiger partial charge in [-0.3, -0.25) is 4.98 Å². The highest BCUT2D eigenvalue weighted by Crippen LogP contribution is 2.23. The van der Waals surface area contributed by atoms with Crippen molar-refractivity contribution in [1.82, 2.24) is 4.98 Å². The van der Waals surface area contributed by atoms with Crippen molar-refractivity contribution in [2.24, 2.45) is 0 Å². The molecule has 18 heavy (non-hydrogen) atoms. The van der Waals surface area contributed by atoms with E-state index >= 15 is 0 Å². The van der Waals surface area contributed by atoms with Gasteiger partial charge in [-0.15, -0.1) is 0 Å². The molecule has 0 aliphatic heterocycles. The molecule has 3 nitrogen and oxygen atoms in total. The molecule has 3 heteroatoms. The Bertz CT molecular complexity index is 513. The Labute approximate surface area is 107 Å². The molecule has 1 heterocycles. The van der Waals surface area contributed by atoms with Gasteiger partial charge >= 0.3 is 0 Å². The third kappa shape index (κ3) is 3.10. The van der Waals surface area contributed by atoms with Crippen LogP contribution in [0.15, 0.2) is 42.7 Å². The maximum atomic E-state index is 5.22. The van der Waals surface area contributed by atoms with E-state index in [0.29, 0.717) is 0 Å². The molecule has 0 aliphatic carbocycles. The second kappa shape index (κ2) is 5.87. The number of aromatic nitrogens is 1. The highest BCUT2D eigenvalue weighted by atomic mass is 16.5. The Balaban J connectivity index is 2.25. The average Bonchev–Trinajstić information content (AvgIpc) is 2.45. The lowest BCUT2D eigenvalue weighted by atomic mass is 10.1. The molecular formula is C15H15NO2. The van der Waals surface area contributed by atoms with Gasteiger partial charge in [-0.2, -0.15) is 0 Å². The molecule has 0 atom stereocenters. The van der Waals surface area contributed by atoms with Crippen molar-refractivity contribution < 1.29 is 9.47 Å². The van der Waals surface area contributed by atoms with Gasteiger partial charge in [0.05, 0.1) is 14.2 Å². The molecule has 2 rings (SSSR count). The summed E-state index contributed by atoms with van der Waals surface area (Å²) >= 11 is 0. The molecule has 0 saturated carbocycles. The fourth-order valence-electron chi connectivity index (χ4n) is 1.59. The zero-order valence-corrected chi connectivity index (χ0v) is 10.5. The number of methoxy groups -OCH3 is 2. The van der Waals surface area contributed by atoms with Gasteiger partial charge in [0.1, 0.15) is 11.5 Å².